The average Bonchev–Trinajstić information content (AvgIpc) is 2.19. The molecule has 2 heteroatoms. The summed E-state index contributed by atoms with van der Waals surface area (Å²) in [5, 5.41) is 9.82. The van der Waals surface area contributed by atoms with Crippen molar-refractivity contribution in [3.63, 3.8) is 0 Å². The Bertz CT molecular complexity index is 141. The van der Waals surface area contributed by atoms with Gasteiger partial charge in [0, 0.05) is 6.61 Å². The van der Waals surface area contributed by atoms with Crippen LogP contribution in [0.5, 0.6) is 0 Å². The van der Waals surface area contributed by atoms with Crippen molar-refractivity contribution in [2.24, 2.45) is 5.92 Å². The zero-order valence-corrected chi connectivity index (χ0v) is 9.54. The fraction of sp³-hybridized carbons (Fsp3) is 1.00. The van der Waals surface area contributed by atoms with Gasteiger partial charge in [-0.15, -0.1) is 0 Å². The van der Waals surface area contributed by atoms with Gasteiger partial charge in [0.25, 0.3) is 0 Å². The minimum absolute atomic E-state index is 0.159. The van der Waals surface area contributed by atoms with Gasteiger partial charge >= 0.3 is 0 Å². The van der Waals surface area contributed by atoms with E-state index in [-0.39, 0.29) is 6.10 Å². The Morgan fingerprint density at radius 1 is 1.43 bits per heavy atom. The fourth-order valence-corrected chi connectivity index (χ4v) is 2.02. The first-order valence-corrected chi connectivity index (χ1v) is 6.02. The molecule has 0 radical (unpaired) electrons. The monoisotopic (exact) mass is 200 g/mol. The first-order chi connectivity index (χ1) is 6.72. The van der Waals surface area contributed by atoms with Gasteiger partial charge in [-0.05, 0) is 38.0 Å². The van der Waals surface area contributed by atoms with Gasteiger partial charge in [0.05, 0.1) is 12.2 Å². The van der Waals surface area contributed by atoms with Crippen LogP contribution in [-0.4, -0.2) is 23.9 Å². The molecular formula is C12H24O2. The van der Waals surface area contributed by atoms with Crippen LogP contribution in [0.4, 0.5) is 0 Å². The van der Waals surface area contributed by atoms with Crippen molar-refractivity contribution in [1.29, 1.82) is 0 Å². The molecule has 1 heterocycles. The zero-order chi connectivity index (χ0) is 10.4. The second kappa shape index (κ2) is 6.41. The van der Waals surface area contributed by atoms with Crippen molar-refractivity contribution in [2.45, 2.75) is 64.6 Å². The van der Waals surface area contributed by atoms with E-state index in [1.165, 1.54) is 12.8 Å². The van der Waals surface area contributed by atoms with E-state index in [1.54, 1.807) is 0 Å². The molecule has 2 nitrogen and oxygen atoms in total. The second-order valence-corrected chi connectivity index (χ2v) is 4.63. The van der Waals surface area contributed by atoms with Crippen LogP contribution in [0.3, 0.4) is 0 Å². The molecule has 0 saturated carbocycles. The summed E-state index contributed by atoms with van der Waals surface area (Å²) in [5.74, 6) is 0.633. The van der Waals surface area contributed by atoms with Crippen molar-refractivity contribution in [1.82, 2.24) is 0 Å². The molecular weight excluding hydrogens is 176 g/mol. The quantitative estimate of drug-likeness (QED) is 0.739. The number of aliphatic hydroxyl groups is 1. The van der Waals surface area contributed by atoms with Gasteiger partial charge < -0.3 is 9.84 Å². The highest BCUT2D eigenvalue weighted by Gasteiger charge is 2.18. The van der Waals surface area contributed by atoms with Gasteiger partial charge in [0.15, 0.2) is 0 Å². The van der Waals surface area contributed by atoms with Crippen LogP contribution in [0.1, 0.15) is 52.4 Å². The summed E-state index contributed by atoms with van der Waals surface area (Å²) in [5.41, 5.74) is 0. The first kappa shape index (κ1) is 12.0. The Hall–Kier alpha value is -0.0800. The van der Waals surface area contributed by atoms with Gasteiger partial charge in [-0.1, -0.05) is 20.3 Å². The van der Waals surface area contributed by atoms with E-state index in [1.807, 2.05) is 0 Å². The lowest BCUT2D eigenvalue weighted by atomic mass is 9.95. The summed E-state index contributed by atoms with van der Waals surface area (Å²) in [6, 6.07) is 0. The van der Waals surface area contributed by atoms with E-state index in [0.717, 1.165) is 32.3 Å². The third kappa shape index (κ3) is 4.43. The van der Waals surface area contributed by atoms with Crippen LogP contribution in [0, 0.1) is 5.92 Å². The maximum Gasteiger partial charge on any atom is 0.0599 e. The largest absolute Gasteiger partial charge is 0.393 e. The van der Waals surface area contributed by atoms with Crippen molar-refractivity contribution in [3.05, 3.63) is 0 Å². The van der Waals surface area contributed by atoms with Crippen LogP contribution in [0.25, 0.3) is 0 Å². The molecule has 0 aromatic carbocycles. The summed E-state index contributed by atoms with van der Waals surface area (Å²) in [4.78, 5) is 0. The van der Waals surface area contributed by atoms with Crippen molar-refractivity contribution >= 4 is 0 Å². The molecule has 0 aromatic heterocycles. The van der Waals surface area contributed by atoms with Crippen LogP contribution in [0.2, 0.25) is 0 Å². The highest BCUT2D eigenvalue weighted by Crippen LogP contribution is 2.20. The third-order valence-electron chi connectivity index (χ3n) is 3.18. The predicted octanol–water partition coefficient (Wildman–Crippen LogP) is 2.74. The summed E-state index contributed by atoms with van der Waals surface area (Å²) < 4.78 is 5.60. The normalized spacial score (nSPS) is 27.2. The minimum atomic E-state index is -0.159. The van der Waals surface area contributed by atoms with E-state index < -0.39 is 0 Å². The molecule has 0 amide bonds. The lowest BCUT2D eigenvalue weighted by Crippen LogP contribution is -2.25. The lowest BCUT2D eigenvalue weighted by molar-refractivity contribution is -0.0189. The highest BCUT2D eigenvalue weighted by molar-refractivity contribution is 4.70. The number of aliphatic hydroxyl groups excluding tert-OH is 1. The van der Waals surface area contributed by atoms with Gasteiger partial charge in [0.1, 0.15) is 0 Å². The maximum atomic E-state index is 9.82. The summed E-state index contributed by atoms with van der Waals surface area (Å²) in [6.45, 7) is 5.26. The smallest absolute Gasteiger partial charge is 0.0599 e. The van der Waals surface area contributed by atoms with Crippen molar-refractivity contribution < 1.29 is 9.84 Å². The van der Waals surface area contributed by atoms with Gasteiger partial charge in [-0.3, -0.25) is 0 Å². The Balaban J connectivity index is 2.14. The molecule has 1 aliphatic heterocycles. The molecule has 0 aromatic rings. The molecule has 3 unspecified atom stereocenters. The summed E-state index contributed by atoms with van der Waals surface area (Å²) >= 11 is 0. The Morgan fingerprint density at radius 2 is 2.21 bits per heavy atom. The molecule has 1 saturated heterocycles. The molecule has 1 N–H and O–H groups in total. The molecule has 14 heavy (non-hydrogen) atoms. The number of hydrogen-bond donors (Lipinski definition) is 1. The predicted molar refractivity (Wildman–Crippen MR) is 58.3 cm³/mol. The standard InChI is InChI=1S/C12H24O2/c1-3-10(2)8-11(13)9-12-6-4-5-7-14-12/h10-13H,3-9H2,1-2H3. The topological polar surface area (TPSA) is 29.5 Å². The number of ether oxygens (including phenoxy) is 1. The van der Waals surface area contributed by atoms with E-state index in [4.69, 9.17) is 4.74 Å². The molecule has 3 atom stereocenters. The van der Waals surface area contributed by atoms with Crippen LogP contribution in [0.15, 0.2) is 0 Å². The van der Waals surface area contributed by atoms with Crippen molar-refractivity contribution in [3.8, 4) is 0 Å². The average molecular weight is 200 g/mol. The number of hydrogen-bond acceptors (Lipinski definition) is 2. The first-order valence-electron chi connectivity index (χ1n) is 6.02. The van der Waals surface area contributed by atoms with Gasteiger partial charge in [0.2, 0.25) is 0 Å². The van der Waals surface area contributed by atoms with Gasteiger partial charge in [-0.25, -0.2) is 0 Å². The van der Waals surface area contributed by atoms with E-state index in [0.29, 0.717) is 12.0 Å². The van der Waals surface area contributed by atoms with E-state index in [2.05, 4.69) is 13.8 Å². The number of rotatable bonds is 5. The summed E-state index contributed by atoms with van der Waals surface area (Å²) in [7, 11) is 0. The molecule has 1 fully saturated rings. The molecule has 0 spiro atoms. The maximum absolute atomic E-state index is 9.82. The minimum Gasteiger partial charge on any atom is -0.393 e. The van der Waals surface area contributed by atoms with Crippen LogP contribution < -0.4 is 0 Å². The fourth-order valence-electron chi connectivity index (χ4n) is 2.02. The SMILES string of the molecule is CCC(C)CC(O)CC1CCCCO1. The Labute approximate surface area is 87.7 Å². The Morgan fingerprint density at radius 3 is 2.79 bits per heavy atom. The highest BCUT2D eigenvalue weighted by atomic mass is 16.5. The second-order valence-electron chi connectivity index (χ2n) is 4.63. The van der Waals surface area contributed by atoms with Gasteiger partial charge in [-0.2, -0.15) is 0 Å². The van der Waals surface area contributed by atoms with E-state index >= 15 is 0 Å². The van der Waals surface area contributed by atoms with E-state index in [9.17, 15) is 5.11 Å². The van der Waals surface area contributed by atoms with Crippen LogP contribution in [-0.2, 0) is 4.74 Å². The molecule has 84 valence electrons. The third-order valence-corrected chi connectivity index (χ3v) is 3.18. The van der Waals surface area contributed by atoms with Crippen LogP contribution >= 0.6 is 0 Å². The molecule has 1 aliphatic rings. The molecule has 0 bridgehead atoms. The lowest BCUT2D eigenvalue weighted by Gasteiger charge is -2.25. The molecule has 1 rings (SSSR count). The summed E-state index contributed by atoms with van der Waals surface area (Å²) in [6.07, 6.45) is 6.68. The Kier molecular flexibility index (Phi) is 5.49. The zero-order valence-electron chi connectivity index (χ0n) is 9.54. The molecule has 0 aliphatic carbocycles. The van der Waals surface area contributed by atoms with Crippen molar-refractivity contribution in [2.75, 3.05) is 6.61 Å².